The maximum Gasteiger partial charge on any atom is 0.0412 e. The second kappa shape index (κ2) is 5.23. The summed E-state index contributed by atoms with van der Waals surface area (Å²) in [6.07, 6.45) is 0. The molecule has 0 aliphatic heterocycles. The van der Waals surface area contributed by atoms with Gasteiger partial charge in [-0.2, -0.15) is 0 Å². The number of nitrogens with two attached hydrogens (primary N) is 1. The topological polar surface area (TPSA) is 29.3 Å². The molecule has 0 bridgehead atoms. The summed E-state index contributed by atoms with van der Waals surface area (Å²) in [6, 6.07) is 5.89. The third kappa shape index (κ3) is 2.40. The van der Waals surface area contributed by atoms with Crippen LogP contribution in [0.3, 0.4) is 0 Å². The summed E-state index contributed by atoms with van der Waals surface area (Å²) in [6.45, 7) is 6.79. The smallest absolute Gasteiger partial charge is 0.0412 e. The molecule has 0 saturated carbocycles. The fourth-order valence-corrected chi connectivity index (χ4v) is 1.79. The summed E-state index contributed by atoms with van der Waals surface area (Å²) in [5.74, 6) is 0. The summed E-state index contributed by atoms with van der Waals surface area (Å²) in [5, 5.41) is 0.751. The zero-order chi connectivity index (χ0) is 10.6. The molecule has 3 heteroatoms. The Balaban J connectivity index is 3.06. The van der Waals surface area contributed by atoms with E-state index in [-0.39, 0.29) is 0 Å². The van der Waals surface area contributed by atoms with Crippen LogP contribution < -0.4 is 10.6 Å². The lowest BCUT2D eigenvalue weighted by molar-refractivity contribution is 0.853. The van der Waals surface area contributed by atoms with Gasteiger partial charge >= 0.3 is 0 Å². The van der Waals surface area contributed by atoms with Crippen LogP contribution in [0.1, 0.15) is 19.4 Å². The van der Waals surface area contributed by atoms with Gasteiger partial charge in [0.1, 0.15) is 0 Å². The zero-order valence-electron chi connectivity index (χ0n) is 8.76. The van der Waals surface area contributed by atoms with Gasteiger partial charge in [-0.1, -0.05) is 11.6 Å². The van der Waals surface area contributed by atoms with Crippen LogP contribution in [0.4, 0.5) is 5.69 Å². The Morgan fingerprint density at radius 2 is 1.93 bits per heavy atom. The molecule has 0 unspecified atom stereocenters. The molecule has 0 aromatic heterocycles. The van der Waals surface area contributed by atoms with Gasteiger partial charge in [-0.15, -0.1) is 0 Å². The van der Waals surface area contributed by atoms with Gasteiger partial charge in [-0.05, 0) is 37.6 Å². The molecule has 14 heavy (non-hydrogen) atoms. The molecule has 0 fully saturated rings. The number of rotatable bonds is 4. The number of anilines is 1. The SMILES string of the molecule is CCN(CC)c1ccc(Cl)cc1CN. The van der Waals surface area contributed by atoms with Crippen molar-refractivity contribution in [1.29, 1.82) is 0 Å². The molecule has 0 amide bonds. The largest absolute Gasteiger partial charge is 0.372 e. The monoisotopic (exact) mass is 212 g/mol. The van der Waals surface area contributed by atoms with Gasteiger partial charge in [0.25, 0.3) is 0 Å². The highest BCUT2D eigenvalue weighted by Gasteiger charge is 2.07. The third-order valence-electron chi connectivity index (χ3n) is 2.37. The molecule has 0 aliphatic rings. The molecule has 2 nitrogen and oxygen atoms in total. The molecule has 0 radical (unpaired) electrons. The predicted octanol–water partition coefficient (Wildman–Crippen LogP) is 2.64. The van der Waals surface area contributed by atoms with E-state index in [1.54, 1.807) is 0 Å². The van der Waals surface area contributed by atoms with Crippen molar-refractivity contribution in [2.24, 2.45) is 5.73 Å². The third-order valence-corrected chi connectivity index (χ3v) is 2.60. The van der Waals surface area contributed by atoms with Crippen LogP contribution in [0, 0.1) is 0 Å². The average Bonchev–Trinajstić information content (AvgIpc) is 2.21. The number of benzene rings is 1. The van der Waals surface area contributed by atoms with Gasteiger partial charge in [-0.3, -0.25) is 0 Å². The van der Waals surface area contributed by atoms with Gasteiger partial charge < -0.3 is 10.6 Å². The fraction of sp³-hybridized carbons (Fsp3) is 0.455. The van der Waals surface area contributed by atoms with E-state index in [1.165, 1.54) is 5.69 Å². The maximum absolute atomic E-state index is 5.91. The average molecular weight is 213 g/mol. The minimum Gasteiger partial charge on any atom is -0.372 e. The molecule has 0 spiro atoms. The normalized spacial score (nSPS) is 10.3. The van der Waals surface area contributed by atoms with Crippen molar-refractivity contribution in [1.82, 2.24) is 0 Å². The first-order chi connectivity index (χ1) is 6.72. The first-order valence-corrected chi connectivity index (χ1v) is 5.34. The number of hydrogen-bond acceptors (Lipinski definition) is 2. The molecule has 1 aromatic rings. The molecule has 1 rings (SSSR count). The lowest BCUT2D eigenvalue weighted by atomic mass is 10.1. The zero-order valence-corrected chi connectivity index (χ0v) is 9.51. The number of halogens is 1. The van der Waals surface area contributed by atoms with Crippen LogP contribution in [-0.2, 0) is 6.54 Å². The molecule has 0 atom stereocenters. The van der Waals surface area contributed by atoms with Crippen LogP contribution in [0.5, 0.6) is 0 Å². The second-order valence-corrected chi connectivity index (χ2v) is 3.59. The van der Waals surface area contributed by atoms with Crippen LogP contribution in [0.2, 0.25) is 5.02 Å². The Labute approximate surface area is 90.7 Å². The van der Waals surface area contributed by atoms with Crippen molar-refractivity contribution in [2.45, 2.75) is 20.4 Å². The quantitative estimate of drug-likeness (QED) is 0.832. The second-order valence-electron chi connectivity index (χ2n) is 3.15. The van der Waals surface area contributed by atoms with Crippen molar-refractivity contribution in [3.63, 3.8) is 0 Å². The van der Waals surface area contributed by atoms with E-state index >= 15 is 0 Å². The standard InChI is InChI=1S/C11H17ClN2/c1-3-14(4-2)11-6-5-10(12)7-9(11)8-13/h5-7H,3-4,8,13H2,1-2H3. The van der Waals surface area contributed by atoms with E-state index < -0.39 is 0 Å². The first kappa shape index (κ1) is 11.3. The van der Waals surface area contributed by atoms with Crippen molar-refractivity contribution in [3.8, 4) is 0 Å². The summed E-state index contributed by atoms with van der Waals surface area (Å²) in [7, 11) is 0. The highest BCUT2D eigenvalue weighted by Crippen LogP contribution is 2.23. The van der Waals surface area contributed by atoms with E-state index in [1.807, 2.05) is 18.2 Å². The summed E-state index contributed by atoms with van der Waals surface area (Å²) in [4.78, 5) is 2.28. The van der Waals surface area contributed by atoms with Crippen molar-refractivity contribution >= 4 is 17.3 Å². The molecule has 0 saturated heterocycles. The summed E-state index contributed by atoms with van der Waals surface area (Å²) in [5.41, 5.74) is 7.99. The van der Waals surface area contributed by atoms with Crippen LogP contribution >= 0.6 is 11.6 Å². The highest BCUT2D eigenvalue weighted by atomic mass is 35.5. The van der Waals surface area contributed by atoms with Crippen LogP contribution in [0.25, 0.3) is 0 Å². The molecular weight excluding hydrogens is 196 g/mol. The van der Waals surface area contributed by atoms with Gasteiger partial charge in [0.2, 0.25) is 0 Å². The van der Waals surface area contributed by atoms with E-state index in [0.29, 0.717) is 6.54 Å². The molecule has 1 aromatic carbocycles. The minimum atomic E-state index is 0.534. The molecule has 0 aliphatic carbocycles. The van der Waals surface area contributed by atoms with E-state index in [0.717, 1.165) is 23.7 Å². The Morgan fingerprint density at radius 1 is 1.29 bits per heavy atom. The van der Waals surface area contributed by atoms with Crippen molar-refractivity contribution in [2.75, 3.05) is 18.0 Å². The minimum absolute atomic E-state index is 0.534. The molecular formula is C11H17ClN2. The molecule has 78 valence electrons. The van der Waals surface area contributed by atoms with Crippen LogP contribution in [0.15, 0.2) is 18.2 Å². The predicted molar refractivity (Wildman–Crippen MR) is 62.9 cm³/mol. The number of hydrogen-bond donors (Lipinski definition) is 1. The first-order valence-electron chi connectivity index (χ1n) is 4.96. The Hall–Kier alpha value is -0.730. The van der Waals surface area contributed by atoms with Crippen molar-refractivity contribution < 1.29 is 0 Å². The lowest BCUT2D eigenvalue weighted by Crippen LogP contribution is -2.23. The van der Waals surface area contributed by atoms with E-state index in [9.17, 15) is 0 Å². The maximum atomic E-state index is 5.91. The Morgan fingerprint density at radius 3 is 2.43 bits per heavy atom. The molecule has 0 heterocycles. The van der Waals surface area contributed by atoms with Gasteiger partial charge in [0.15, 0.2) is 0 Å². The molecule has 2 N–H and O–H groups in total. The van der Waals surface area contributed by atoms with Gasteiger partial charge in [-0.25, -0.2) is 0 Å². The highest BCUT2D eigenvalue weighted by molar-refractivity contribution is 6.30. The summed E-state index contributed by atoms with van der Waals surface area (Å²) < 4.78 is 0. The van der Waals surface area contributed by atoms with Gasteiger partial charge in [0.05, 0.1) is 0 Å². The van der Waals surface area contributed by atoms with E-state index in [2.05, 4.69) is 18.7 Å². The summed E-state index contributed by atoms with van der Waals surface area (Å²) >= 11 is 5.91. The Bertz CT molecular complexity index is 295. The van der Waals surface area contributed by atoms with E-state index in [4.69, 9.17) is 17.3 Å². The van der Waals surface area contributed by atoms with Gasteiger partial charge in [0, 0.05) is 30.3 Å². The van der Waals surface area contributed by atoms with Crippen molar-refractivity contribution in [3.05, 3.63) is 28.8 Å². The van der Waals surface area contributed by atoms with Crippen LogP contribution in [-0.4, -0.2) is 13.1 Å². The Kier molecular flexibility index (Phi) is 4.23. The fourth-order valence-electron chi connectivity index (χ4n) is 1.59. The number of nitrogens with zero attached hydrogens (tertiary/aromatic N) is 1. The lowest BCUT2D eigenvalue weighted by Gasteiger charge is -2.23.